The molecule has 1 aromatic heterocycles. The smallest absolute Gasteiger partial charge is 0.234 e. The second-order valence-corrected chi connectivity index (χ2v) is 7.12. The molecule has 0 spiro atoms. The first-order chi connectivity index (χ1) is 11.9. The van der Waals surface area contributed by atoms with E-state index in [9.17, 15) is 9.18 Å². The highest BCUT2D eigenvalue weighted by atomic mass is 35.5. The Morgan fingerprint density at radius 2 is 2.00 bits per heavy atom. The summed E-state index contributed by atoms with van der Waals surface area (Å²) in [5.41, 5.74) is 3.65. The summed E-state index contributed by atoms with van der Waals surface area (Å²) in [6.07, 6.45) is 0. The minimum Gasteiger partial charge on any atom is -0.325 e. The van der Waals surface area contributed by atoms with Crippen molar-refractivity contribution in [1.29, 1.82) is 0 Å². The molecule has 0 aliphatic carbocycles. The van der Waals surface area contributed by atoms with E-state index in [0.717, 1.165) is 27.1 Å². The van der Waals surface area contributed by atoms with E-state index in [2.05, 4.69) is 10.3 Å². The third-order valence-electron chi connectivity index (χ3n) is 3.78. The number of aromatic nitrogens is 1. The zero-order valence-corrected chi connectivity index (χ0v) is 15.3. The molecule has 0 saturated carbocycles. The SMILES string of the molecule is Cc1cc(SCC(=O)Nc2ccc(F)c(Cl)c2)nc2c(C)cccc12. The predicted octanol–water partition coefficient (Wildman–Crippen LogP) is 5.37. The maximum Gasteiger partial charge on any atom is 0.234 e. The van der Waals surface area contributed by atoms with E-state index < -0.39 is 5.82 Å². The van der Waals surface area contributed by atoms with Crippen molar-refractivity contribution in [3.8, 4) is 0 Å². The Kier molecular flexibility index (Phi) is 5.25. The number of thioether (sulfide) groups is 1. The summed E-state index contributed by atoms with van der Waals surface area (Å²) in [5, 5.41) is 4.60. The van der Waals surface area contributed by atoms with Crippen LogP contribution < -0.4 is 5.32 Å². The van der Waals surface area contributed by atoms with Crippen molar-refractivity contribution in [2.24, 2.45) is 0 Å². The normalized spacial score (nSPS) is 10.9. The summed E-state index contributed by atoms with van der Waals surface area (Å²) in [6, 6.07) is 12.2. The molecule has 25 heavy (non-hydrogen) atoms. The van der Waals surface area contributed by atoms with Crippen molar-refractivity contribution in [2.75, 3.05) is 11.1 Å². The van der Waals surface area contributed by atoms with E-state index >= 15 is 0 Å². The van der Waals surface area contributed by atoms with Gasteiger partial charge in [-0.2, -0.15) is 0 Å². The molecule has 1 N–H and O–H groups in total. The number of amides is 1. The fraction of sp³-hybridized carbons (Fsp3) is 0.158. The average molecular weight is 375 g/mol. The van der Waals surface area contributed by atoms with Crippen molar-refractivity contribution >= 4 is 45.9 Å². The van der Waals surface area contributed by atoms with Gasteiger partial charge in [0.25, 0.3) is 0 Å². The molecule has 0 fully saturated rings. The van der Waals surface area contributed by atoms with Crippen molar-refractivity contribution in [1.82, 2.24) is 4.98 Å². The van der Waals surface area contributed by atoms with Gasteiger partial charge >= 0.3 is 0 Å². The van der Waals surface area contributed by atoms with Crippen molar-refractivity contribution in [2.45, 2.75) is 18.9 Å². The van der Waals surface area contributed by atoms with E-state index in [1.807, 2.05) is 38.1 Å². The number of para-hydroxylation sites is 1. The molecule has 0 aliphatic rings. The van der Waals surface area contributed by atoms with Crippen LogP contribution in [0.2, 0.25) is 5.02 Å². The van der Waals surface area contributed by atoms with Crippen molar-refractivity contribution in [3.63, 3.8) is 0 Å². The van der Waals surface area contributed by atoms with Crippen LogP contribution in [0, 0.1) is 19.7 Å². The summed E-state index contributed by atoms with van der Waals surface area (Å²) in [4.78, 5) is 16.8. The van der Waals surface area contributed by atoms with Gasteiger partial charge in [-0.25, -0.2) is 9.37 Å². The third kappa shape index (κ3) is 4.11. The Morgan fingerprint density at radius 3 is 2.76 bits per heavy atom. The molecule has 0 aliphatic heterocycles. The topological polar surface area (TPSA) is 42.0 Å². The Bertz CT molecular complexity index is 962. The number of carbonyl (C=O) groups excluding carboxylic acids is 1. The molecule has 0 unspecified atom stereocenters. The summed E-state index contributed by atoms with van der Waals surface area (Å²) in [5.74, 6) is -0.504. The molecule has 1 heterocycles. The number of carbonyl (C=O) groups is 1. The molecule has 1 amide bonds. The average Bonchev–Trinajstić information content (AvgIpc) is 2.57. The van der Waals surface area contributed by atoms with E-state index in [1.165, 1.54) is 30.0 Å². The number of halogens is 2. The Labute approximate surface area is 154 Å². The number of aryl methyl sites for hydroxylation is 2. The zero-order valence-electron chi connectivity index (χ0n) is 13.8. The Balaban J connectivity index is 1.70. The summed E-state index contributed by atoms with van der Waals surface area (Å²) in [6.45, 7) is 4.06. The van der Waals surface area contributed by atoms with Crippen LogP contribution in [0.1, 0.15) is 11.1 Å². The van der Waals surface area contributed by atoms with Gasteiger partial charge in [0.2, 0.25) is 5.91 Å². The molecule has 128 valence electrons. The van der Waals surface area contributed by atoms with Crippen LogP contribution in [0.5, 0.6) is 0 Å². The van der Waals surface area contributed by atoms with Gasteiger partial charge in [0.05, 0.1) is 21.3 Å². The van der Waals surface area contributed by atoms with Crippen LogP contribution >= 0.6 is 23.4 Å². The molecule has 0 atom stereocenters. The van der Waals surface area contributed by atoms with E-state index in [-0.39, 0.29) is 16.7 Å². The number of nitrogens with zero attached hydrogens (tertiary/aromatic N) is 1. The van der Waals surface area contributed by atoms with E-state index in [1.54, 1.807) is 0 Å². The molecular formula is C19H16ClFN2OS. The lowest BCUT2D eigenvalue weighted by Crippen LogP contribution is -2.14. The van der Waals surface area contributed by atoms with Crippen LogP contribution in [0.3, 0.4) is 0 Å². The largest absolute Gasteiger partial charge is 0.325 e. The van der Waals surface area contributed by atoms with Gasteiger partial charge < -0.3 is 5.32 Å². The maximum atomic E-state index is 13.1. The second-order valence-electron chi connectivity index (χ2n) is 5.71. The van der Waals surface area contributed by atoms with Gasteiger partial charge in [-0.1, -0.05) is 41.6 Å². The van der Waals surface area contributed by atoms with E-state index in [4.69, 9.17) is 11.6 Å². The lowest BCUT2D eigenvalue weighted by molar-refractivity contribution is -0.113. The fourth-order valence-corrected chi connectivity index (χ4v) is 3.46. The summed E-state index contributed by atoms with van der Waals surface area (Å²) in [7, 11) is 0. The highest BCUT2D eigenvalue weighted by molar-refractivity contribution is 7.99. The molecular weight excluding hydrogens is 359 g/mol. The molecule has 6 heteroatoms. The number of benzene rings is 2. The number of hydrogen-bond donors (Lipinski definition) is 1. The number of anilines is 1. The molecule has 2 aromatic carbocycles. The number of fused-ring (bicyclic) bond motifs is 1. The van der Waals surface area contributed by atoms with Crippen LogP contribution in [-0.2, 0) is 4.79 Å². The van der Waals surface area contributed by atoms with Crippen LogP contribution in [0.4, 0.5) is 10.1 Å². The quantitative estimate of drug-likeness (QED) is 0.624. The van der Waals surface area contributed by atoms with Gasteiger partial charge in [-0.3, -0.25) is 4.79 Å². The Morgan fingerprint density at radius 1 is 1.20 bits per heavy atom. The number of nitrogens with one attached hydrogen (secondary N) is 1. The van der Waals surface area contributed by atoms with Crippen LogP contribution in [0.25, 0.3) is 10.9 Å². The standard InChI is InChI=1S/C19H16ClFN2OS/c1-11-4-3-5-14-12(2)8-18(23-19(11)14)25-10-17(24)22-13-6-7-16(21)15(20)9-13/h3-9H,10H2,1-2H3,(H,22,24). The lowest BCUT2D eigenvalue weighted by atomic mass is 10.1. The lowest BCUT2D eigenvalue weighted by Gasteiger charge is -2.09. The van der Waals surface area contributed by atoms with Gasteiger partial charge in [-0.15, -0.1) is 0 Å². The van der Waals surface area contributed by atoms with Gasteiger partial charge in [0.15, 0.2) is 0 Å². The molecule has 3 nitrogen and oxygen atoms in total. The number of rotatable bonds is 4. The molecule has 3 aromatic rings. The predicted molar refractivity (Wildman–Crippen MR) is 102 cm³/mol. The minimum absolute atomic E-state index is 0.0206. The van der Waals surface area contributed by atoms with E-state index in [0.29, 0.717) is 5.69 Å². The highest BCUT2D eigenvalue weighted by Crippen LogP contribution is 2.26. The minimum atomic E-state index is -0.514. The molecule has 0 saturated heterocycles. The highest BCUT2D eigenvalue weighted by Gasteiger charge is 2.09. The third-order valence-corrected chi connectivity index (χ3v) is 4.98. The Hall–Kier alpha value is -2.11. The second kappa shape index (κ2) is 7.42. The fourth-order valence-electron chi connectivity index (χ4n) is 2.52. The van der Waals surface area contributed by atoms with Gasteiger partial charge in [0.1, 0.15) is 5.82 Å². The number of hydrogen-bond acceptors (Lipinski definition) is 3. The summed E-state index contributed by atoms with van der Waals surface area (Å²) < 4.78 is 13.1. The first-order valence-corrected chi connectivity index (χ1v) is 9.05. The van der Waals surface area contributed by atoms with Crippen molar-refractivity contribution in [3.05, 3.63) is 64.4 Å². The molecule has 0 bridgehead atoms. The molecule has 3 rings (SSSR count). The first kappa shape index (κ1) is 17.7. The summed E-state index contributed by atoms with van der Waals surface area (Å²) >= 11 is 7.08. The van der Waals surface area contributed by atoms with Crippen LogP contribution in [-0.4, -0.2) is 16.6 Å². The first-order valence-electron chi connectivity index (χ1n) is 7.69. The molecule has 0 radical (unpaired) electrons. The van der Waals surface area contributed by atoms with Gasteiger partial charge in [0, 0.05) is 11.1 Å². The van der Waals surface area contributed by atoms with Crippen LogP contribution in [0.15, 0.2) is 47.5 Å². The maximum absolute atomic E-state index is 13.1. The monoisotopic (exact) mass is 374 g/mol. The zero-order chi connectivity index (χ0) is 18.0. The van der Waals surface area contributed by atoms with Crippen molar-refractivity contribution < 1.29 is 9.18 Å². The number of pyridine rings is 1. The van der Waals surface area contributed by atoms with Gasteiger partial charge in [-0.05, 0) is 49.2 Å².